The Bertz CT molecular complexity index is 474. The molecule has 0 bridgehead atoms. The first-order chi connectivity index (χ1) is 10.4. The van der Waals surface area contributed by atoms with Gasteiger partial charge in [0.1, 0.15) is 5.75 Å². The minimum atomic E-state index is -1.14. The minimum absolute atomic E-state index is 0.0787. The highest BCUT2D eigenvalue weighted by Crippen LogP contribution is 2.22. The largest absolute Gasteiger partial charge is 0.506 e. The molecule has 5 N–H and O–H groups in total. The second-order valence-corrected chi connectivity index (χ2v) is 4.96. The van der Waals surface area contributed by atoms with Crippen LogP contribution in [-0.2, 0) is 4.79 Å². The number of nitrogens with two attached hydrogens (primary N) is 1. The van der Waals surface area contributed by atoms with Crippen LogP contribution in [0.1, 0.15) is 62.2 Å². The zero-order valence-corrected chi connectivity index (χ0v) is 12.9. The van der Waals surface area contributed by atoms with Gasteiger partial charge in [-0.1, -0.05) is 45.1 Å². The van der Waals surface area contributed by atoms with Gasteiger partial charge < -0.3 is 21.1 Å². The molecule has 0 amide bonds. The van der Waals surface area contributed by atoms with Crippen molar-refractivity contribution in [3.05, 3.63) is 23.8 Å². The maximum absolute atomic E-state index is 10.4. The second kappa shape index (κ2) is 11.4. The number of rotatable bonds is 8. The molecule has 6 nitrogen and oxygen atoms in total. The number of carbonyl (C=O) groups is 2. The summed E-state index contributed by atoms with van der Waals surface area (Å²) in [5.74, 6) is -2.01. The lowest BCUT2D eigenvalue weighted by molar-refractivity contribution is -0.137. The van der Waals surface area contributed by atoms with E-state index in [1.54, 1.807) is 0 Å². The van der Waals surface area contributed by atoms with E-state index >= 15 is 0 Å². The van der Waals surface area contributed by atoms with Crippen LogP contribution in [0.4, 0.5) is 5.69 Å². The average Bonchev–Trinajstić information content (AvgIpc) is 2.46. The summed E-state index contributed by atoms with van der Waals surface area (Å²) in [6.45, 7) is 2.18. The summed E-state index contributed by atoms with van der Waals surface area (Å²) >= 11 is 0. The summed E-state index contributed by atoms with van der Waals surface area (Å²) in [5, 5.41) is 25.8. The van der Waals surface area contributed by atoms with E-state index in [9.17, 15) is 9.59 Å². The number of carboxylic acid groups (broad SMARTS) is 2. The summed E-state index contributed by atoms with van der Waals surface area (Å²) < 4.78 is 0. The van der Waals surface area contributed by atoms with Gasteiger partial charge in [-0.2, -0.15) is 0 Å². The van der Waals surface area contributed by atoms with Gasteiger partial charge in [-0.05, 0) is 18.6 Å². The van der Waals surface area contributed by atoms with Crippen molar-refractivity contribution in [2.24, 2.45) is 0 Å². The molecule has 0 unspecified atom stereocenters. The van der Waals surface area contributed by atoms with Crippen molar-refractivity contribution in [3.8, 4) is 5.75 Å². The van der Waals surface area contributed by atoms with Crippen molar-refractivity contribution >= 4 is 17.6 Å². The SMILES string of the molecule is CCCCCCCCC(=O)O.Nc1c(O)cccc1C(=O)O. The second-order valence-electron chi connectivity index (χ2n) is 4.96. The molecule has 0 spiro atoms. The highest BCUT2D eigenvalue weighted by molar-refractivity contribution is 5.95. The number of unbranched alkanes of at least 4 members (excludes halogenated alkanes) is 5. The summed E-state index contributed by atoms with van der Waals surface area (Å²) in [6.07, 6.45) is 7.25. The Hall–Kier alpha value is -2.24. The Morgan fingerprint density at radius 2 is 1.64 bits per heavy atom. The highest BCUT2D eigenvalue weighted by Gasteiger charge is 2.09. The number of hydrogen-bond donors (Lipinski definition) is 4. The molecule has 1 aromatic carbocycles. The fourth-order valence-corrected chi connectivity index (χ4v) is 1.80. The van der Waals surface area contributed by atoms with E-state index in [4.69, 9.17) is 21.1 Å². The number of para-hydroxylation sites is 1. The van der Waals surface area contributed by atoms with Crippen molar-refractivity contribution in [1.29, 1.82) is 0 Å². The van der Waals surface area contributed by atoms with E-state index in [1.807, 2.05) is 0 Å². The number of aromatic hydroxyl groups is 1. The molecule has 0 saturated heterocycles. The van der Waals surface area contributed by atoms with Gasteiger partial charge in [0, 0.05) is 6.42 Å². The van der Waals surface area contributed by atoms with E-state index in [0.29, 0.717) is 6.42 Å². The predicted molar refractivity (Wildman–Crippen MR) is 85.1 cm³/mol. The number of phenolic OH excluding ortho intramolecular Hbond substituents is 1. The Labute approximate surface area is 130 Å². The predicted octanol–water partition coefficient (Wildman–Crippen LogP) is 3.49. The van der Waals surface area contributed by atoms with Crippen LogP contribution < -0.4 is 5.73 Å². The van der Waals surface area contributed by atoms with Gasteiger partial charge >= 0.3 is 11.9 Å². The molecule has 0 aromatic heterocycles. The van der Waals surface area contributed by atoms with Gasteiger partial charge in [0.05, 0.1) is 11.3 Å². The zero-order valence-electron chi connectivity index (χ0n) is 12.9. The first kappa shape index (κ1) is 19.8. The lowest BCUT2D eigenvalue weighted by Gasteiger charge is -2.00. The molecule has 0 aliphatic carbocycles. The number of aromatic carboxylic acids is 1. The molecule has 0 radical (unpaired) electrons. The molecule has 0 heterocycles. The standard InChI is InChI=1S/C9H18O2.C7H7NO3/c1-2-3-4-5-6-7-8-9(10)11;8-6-4(7(10)11)2-1-3-5(6)9/h2-8H2,1H3,(H,10,11);1-3,9H,8H2,(H,10,11). The molecular formula is C16H25NO5. The summed E-state index contributed by atoms with van der Waals surface area (Å²) in [5.41, 5.74) is 5.08. The average molecular weight is 311 g/mol. The van der Waals surface area contributed by atoms with E-state index in [0.717, 1.165) is 12.8 Å². The van der Waals surface area contributed by atoms with Gasteiger partial charge in [-0.15, -0.1) is 0 Å². The first-order valence-electron chi connectivity index (χ1n) is 7.42. The maximum Gasteiger partial charge on any atom is 0.337 e. The van der Waals surface area contributed by atoms with Crippen molar-refractivity contribution in [3.63, 3.8) is 0 Å². The molecule has 1 aromatic rings. The van der Waals surface area contributed by atoms with E-state index in [-0.39, 0.29) is 17.0 Å². The molecule has 124 valence electrons. The lowest BCUT2D eigenvalue weighted by Crippen LogP contribution is -2.01. The number of anilines is 1. The number of phenols is 1. The Kier molecular flexibility index (Phi) is 10.3. The summed E-state index contributed by atoms with van der Waals surface area (Å²) in [4.78, 5) is 20.5. The van der Waals surface area contributed by atoms with Crippen LogP contribution in [0.2, 0.25) is 0 Å². The van der Waals surface area contributed by atoms with E-state index < -0.39 is 11.9 Å². The number of nitrogen functional groups attached to an aromatic ring is 1. The van der Waals surface area contributed by atoms with Crippen molar-refractivity contribution < 1.29 is 24.9 Å². The lowest BCUT2D eigenvalue weighted by atomic mass is 10.1. The normalized spacial score (nSPS) is 9.68. The molecule has 1 rings (SSSR count). The molecule has 6 heteroatoms. The van der Waals surface area contributed by atoms with E-state index in [2.05, 4.69) is 6.92 Å². The molecule has 0 saturated carbocycles. The molecule has 0 fully saturated rings. The fraction of sp³-hybridized carbons (Fsp3) is 0.500. The third kappa shape index (κ3) is 8.84. The van der Waals surface area contributed by atoms with Gasteiger partial charge in [0.15, 0.2) is 0 Å². The monoisotopic (exact) mass is 311 g/mol. The van der Waals surface area contributed by atoms with Gasteiger partial charge in [0.2, 0.25) is 0 Å². The highest BCUT2D eigenvalue weighted by atomic mass is 16.4. The van der Waals surface area contributed by atoms with Crippen molar-refractivity contribution in [2.45, 2.75) is 51.9 Å². The van der Waals surface area contributed by atoms with Crippen LogP contribution in [0, 0.1) is 0 Å². The minimum Gasteiger partial charge on any atom is -0.506 e. The van der Waals surface area contributed by atoms with Crippen LogP contribution in [0.25, 0.3) is 0 Å². The van der Waals surface area contributed by atoms with Gasteiger partial charge in [0.25, 0.3) is 0 Å². The van der Waals surface area contributed by atoms with Crippen LogP contribution >= 0.6 is 0 Å². The van der Waals surface area contributed by atoms with Crippen LogP contribution in [-0.4, -0.2) is 27.3 Å². The van der Waals surface area contributed by atoms with Gasteiger partial charge in [-0.25, -0.2) is 4.79 Å². The zero-order chi connectivity index (χ0) is 17.0. The fourth-order valence-electron chi connectivity index (χ4n) is 1.80. The number of aliphatic carboxylic acids is 1. The molecule has 0 atom stereocenters. The first-order valence-corrected chi connectivity index (χ1v) is 7.42. The maximum atomic E-state index is 10.4. The third-order valence-electron chi connectivity index (χ3n) is 3.06. The van der Waals surface area contributed by atoms with Crippen LogP contribution in [0.15, 0.2) is 18.2 Å². The van der Waals surface area contributed by atoms with Crippen LogP contribution in [0.3, 0.4) is 0 Å². The van der Waals surface area contributed by atoms with Crippen molar-refractivity contribution in [2.75, 3.05) is 5.73 Å². The Morgan fingerprint density at radius 3 is 2.14 bits per heavy atom. The number of carboxylic acids is 2. The molecule has 0 aliphatic heterocycles. The Balaban J connectivity index is 0.000000401. The summed E-state index contributed by atoms with van der Waals surface area (Å²) in [7, 11) is 0. The molecule has 0 aliphatic rings. The quantitative estimate of drug-likeness (QED) is 0.331. The Morgan fingerprint density at radius 1 is 1.05 bits per heavy atom. The number of benzene rings is 1. The van der Waals surface area contributed by atoms with Crippen molar-refractivity contribution in [1.82, 2.24) is 0 Å². The molecule has 22 heavy (non-hydrogen) atoms. The smallest absolute Gasteiger partial charge is 0.337 e. The van der Waals surface area contributed by atoms with Crippen LogP contribution in [0.5, 0.6) is 5.75 Å². The third-order valence-corrected chi connectivity index (χ3v) is 3.06. The molecular weight excluding hydrogens is 286 g/mol. The van der Waals surface area contributed by atoms with E-state index in [1.165, 1.54) is 43.9 Å². The topological polar surface area (TPSA) is 121 Å². The summed E-state index contributed by atoms with van der Waals surface area (Å²) in [6, 6.07) is 4.09. The number of hydrogen-bond acceptors (Lipinski definition) is 4. The van der Waals surface area contributed by atoms with Gasteiger partial charge in [-0.3, -0.25) is 4.79 Å².